The highest BCUT2D eigenvalue weighted by atomic mass is 16.6. The normalized spacial score (nSPS) is 13.0. The third-order valence-electron chi connectivity index (χ3n) is 3.00. The summed E-state index contributed by atoms with van der Waals surface area (Å²) in [5, 5.41) is 13.3. The van der Waals surface area contributed by atoms with E-state index in [0.29, 0.717) is 0 Å². The molecule has 130 valence electrons. The summed E-state index contributed by atoms with van der Waals surface area (Å²) in [6.45, 7) is 5.35. The highest BCUT2D eigenvalue weighted by molar-refractivity contribution is 5.82. The fourth-order valence-corrected chi connectivity index (χ4v) is 2.06. The largest absolute Gasteiger partial charge is 0.394 e. The number of hydrogen-bond donors (Lipinski definition) is 1. The van der Waals surface area contributed by atoms with Crippen molar-refractivity contribution in [2.24, 2.45) is 0 Å². The van der Waals surface area contributed by atoms with Crippen molar-refractivity contribution < 1.29 is 24.0 Å². The Bertz CT molecular complexity index is 611. The first-order valence-electron chi connectivity index (χ1n) is 7.14. The molecule has 24 heavy (non-hydrogen) atoms. The maximum atomic E-state index is 10.8. The average Bonchev–Trinajstić information content (AvgIpc) is 2.41. The fraction of sp³-hybridized carbons (Fsp3) is 0.400. The van der Waals surface area contributed by atoms with Crippen molar-refractivity contribution in [3.8, 4) is 0 Å². The second-order valence-corrected chi connectivity index (χ2v) is 5.16. The maximum Gasteiger partial charge on any atom is 0.310 e. The number of hydrogen-bond acceptors (Lipinski definition) is 7. The molecule has 1 aromatic rings. The lowest BCUT2D eigenvalue weighted by Gasteiger charge is -2.41. The van der Waals surface area contributed by atoms with Gasteiger partial charge in [0, 0.05) is 51.7 Å². The molecule has 1 saturated heterocycles. The molecule has 0 saturated carbocycles. The van der Waals surface area contributed by atoms with Crippen LogP contribution < -0.4 is 10.2 Å². The molecule has 1 heterocycles. The van der Waals surface area contributed by atoms with E-state index in [1.54, 1.807) is 12.1 Å². The van der Waals surface area contributed by atoms with Crippen LogP contribution in [0.1, 0.15) is 20.8 Å². The maximum absolute atomic E-state index is 10.8. The van der Waals surface area contributed by atoms with Gasteiger partial charge in [-0.1, -0.05) is 0 Å². The second-order valence-electron chi connectivity index (χ2n) is 5.16. The lowest BCUT2D eigenvalue weighted by Crippen LogP contribution is -2.59. The number of non-ortho nitro benzene ring substituents is 1. The second kappa shape index (κ2) is 8.61. The number of nitro benzene ring substituents is 1. The van der Waals surface area contributed by atoms with E-state index in [9.17, 15) is 24.5 Å². The molecule has 9 nitrogen and oxygen atoms in total. The number of ether oxygens (including phenoxy) is 1. The fourth-order valence-electron chi connectivity index (χ4n) is 2.06. The van der Waals surface area contributed by atoms with Crippen molar-refractivity contribution in [1.29, 1.82) is 0 Å². The number of carbonyl (C=O) groups is 3. The molecule has 0 bridgehead atoms. The predicted octanol–water partition coefficient (Wildman–Crippen LogP) is 1.02. The number of amides is 1. The number of esters is 2. The Hall–Kier alpha value is -2.97. The van der Waals surface area contributed by atoms with Crippen molar-refractivity contribution in [2.75, 3.05) is 18.0 Å². The van der Waals surface area contributed by atoms with Gasteiger partial charge >= 0.3 is 11.9 Å². The molecular formula is C15H19N3O6. The molecule has 0 unspecified atom stereocenters. The van der Waals surface area contributed by atoms with Crippen LogP contribution in [0, 0.1) is 10.1 Å². The van der Waals surface area contributed by atoms with Gasteiger partial charge in [-0.2, -0.15) is 0 Å². The highest BCUT2D eigenvalue weighted by Crippen LogP contribution is 2.23. The molecule has 0 atom stereocenters. The zero-order valence-electron chi connectivity index (χ0n) is 13.6. The first kappa shape index (κ1) is 19.1. The predicted molar refractivity (Wildman–Crippen MR) is 85.4 cm³/mol. The molecule has 9 heteroatoms. The summed E-state index contributed by atoms with van der Waals surface area (Å²) in [6, 6.07) is 6.61. The van der Waals surface area contributed by atoms with Gasteiger partial charge < -0.3 is 15.0 Å². The molecule has 0 aliphatic carbocycles. The van der Waals surface area contributed by atoms with Crippen LogP contribution >= 0.6 is 0 Å². The molecule has 1 aliphatic rings. The third kappa shape index (κ3) is 6.42. The zero-order valence-corrected chi connectivity index (χ0v) is 13.6. The van der Waals surface area contributed by atoms with Crippen LogP contribution in [-0.4, -0.2) is 41.9 Å². The van der Waals surface area contributed by atoms with E-state index in [-0.39, 0.29) is 17.6 Å². The molecule has 0 radical (unpaired) electrons. The van der Waals surface area contributed by atoms with E-state index in [0.717, 1.165) is 18.8 Å². The van der Waals surface area contributed by atoms with Gasteiger partial charge in [0.15, 0.2) is 0 Å². The molecule has 0 spiro atoms. The van der Waals surface area contributed by atoms with E-state index in [1.165, 1.54) is 32.9 Å². The smallest absolute Gasteiger partial charge is 0.310 e. The number of nitro groups is 1. The van der Waals surface area contributed by atoms with Gasteiger partial charge in [-0.15, -0.1) is 0 Å². The quantitative estimate of drug-likeness (QED) is 0.378. The first-order valence-corrected chi connectivity index (χ1v) is 7.14. The van der Waals surface area contributed by atoms with E-state index in [4.69, 9.17) is 0 Å². The van der Waals surface area contributed by atoms with E-state index in [2.05, 4.69) is 15.0 Å². The SMILES string of the molecule is CC(=O)NC1CN(c2ccc([N+](=O)[O-])cc2)C1.CC(=O)OC(C)=O. The van der Waals surface area contributed by atoms with Gasteiger partial charge in [-0.25, -0.2) is 0 Å². The van der Waals surface area contributed by atoms with Gasteiger partial charge in [0.1, 0.15) is 0 Å². The number of benzene rings is 1. The molecule has 1 fully saturated rings. The summed E-state index contributed by atoms with van der Waals surface area (Å²) in [5.41, 5.74) is 1.03. The molecule has 1 aromatic carbocycles. The Morgan fingerprint density at radius 2 is 1.62 bits per heavy atom. The van der Waals surface area contributed by atoms with Gasteiger partial charge in [-0.05, 0) is 12.1 Å². The minimum atomic E-state index is -0.562. The summed E-state index contributed by atoms with van der Waals surface area (Å²) in [4.78, 5) is 42.6. The number of anilines is 1. The Morgan fingerprint density at radius 1 is 1.12 bits per heavy atom. The van der Waals surface area contributed by atoms with Gasteiger partial charge in [0.2, 0.25) is 5.91 Å². The molecule has 1 aliphatic heterocycles. The molecule has 0 aromatic heterocycles. The van der Waals surface area contributed by atoms with Crippen molar-refractivity contribution in [3.63, 3.8) is 0 Å². The lowest BCUT2D eigenvalue weighted by atomic mass is 10.1. The molecular weight excluding hydrogens is 318 g/mol. The van der Waals surface area contributed by atoms with Crippen LogP contribution in [0.4, 0.5) is 11.4 Å². The van der Waals surface area contributed by atoms with Crippen LogP contribution in [-0.2, 0) is 19.1 Å². The zero-order chi connectivity index (χ0) is 18.3. The number of nitrogens with zero attached hydrogens (tertiary/aromatic N) is 2. The van der Waals surface area contributed by atoms with Crippen molar-refractivity contribution in [2.45, 2.75) is 26.8 Å². The van der Waals surface area contributed by atoms with Crippen molar-refractivity contribution in [1.82, 2.24) is 5.32 Å². The van der Waals surface area contributed by atoms with Gasteiger partial charge in [0.25, 0.3) is 5.69 Å². The highest BCUT2D eigenvalue weighted by Gasteiger charge is 2.27. The monoisotopic (exact) mass is 337 g/mol. The standard InChI is InChI=1S/C11H13N3O3.C4H6O3/c1-8(15)12-9-6-13(7-9)10-2-4-11(5-3-10)14(16)17;1-3(5)7-4(2)6/h2-5,9H,6-7H2,1H3,(H,12,15);1-2H3. The summed E-state index contributed by atoms with van der Waals surface area (Å²) in [7, 11) is 0. The Kier molecular flexibility index (Phi) is 6.84. The van der Waals surface area contributed by atoms with Crippen molar-refractivity contribution in [3.05, 3.63) is 34.4 Å². The summed E-state index contributed by atoms with van der Waals surface area (Å²) < 4.78 is 3.97. The number of carbonyl (C=O) groups excluding carboxylic acids is 3. The average molecular weight is 337 g/mol. The summed E-state index contributed by atoms with van der Waals surface area (Å²) in [6.07, 6.45) is 0. The van der Waals surface area contributed by atoms with Crippen LogP contribution in [0.15, 0.2) is 24.3 Å². The Balaban J connectivity index is 0.000000351. The van der Waals surface area contributed by atoms with Crippen LogP contribution in [0.2, 0.25) is 0 Å². The molecule has 1 amide bonds. The first-order chi connectivity index (χ1) is 11.2. The number of rotatable bonds is 3. The summed E-state index contributed by atoms with van der Waals surface area (Å²) >= 11 is 0. The van der Waals surface area contributed by atoms with E-state index < -0.39 is 16.9 Å². The van der Waals surface area contributed by atoms with Crippen LogP contribution in [0.5, 0.6) is 0 Å². The Morgan fingerprint density at radius 3 is 1.96 bits per heavy atom. The van der Waals surface area contributed by atoms with Gasteiger partial charge in [0.05, 0.1) is 11.0 Å². The van der Waals surface area contributed by atoms with E-state index >= 15 is 0 Å². The summed E-state index contributed by atoms with van der Waals surface area (Å²) in [5.74, 6) is -1.15. The molecule has 1 N–H and O–H groups in total. The minimum absolute atomic E-state index is 0.0293. The lowest BCUT2D eigenvalue weighted by molar-refractivity contribution is -0.384. The topological polar surface area (TPSA) is 119 Å². The third-order valence-corrected chi connectivity index (χ3v) is 3.00. The van der Waals surface area contributed by atoms with Crippen molar-refractivity contribution >= 4 is 29.2 Å². The van der Waals surface area contributed by atoms with Crippen LogP contribution in [0.25, 0.3) is 0 Å². The van der Waals surface area contributed by atoms with E-state index in [1.807, 2.05) is 0 Å². The van der Waals surface area contributed by atoms with Gasteiger partial charge in [-0.3, -0.25) is 24.5 Å². The number of nitrogens with one attached hydrogen (secondary N) is 1. The Labute approximate surface area is 138 Å². The molecule has 2 rings (SSSR count). The van der Waals surface area contributed by atoms with Crippen LogP contribution in [0.3, 0.4) is 0 Å². The minimum Gasteiger partial charge on any atom is -0.394 e.